The van der Waals surface area contributed by atoms with Crippen molar-refractivity contribution in [2.75, 3.05) is 6.61 Å². The summed E-state index contributed by atoms with van der Waals surface area (Å²) in [6, 6.07) is 3.92. The lowest BCUT2D eigenvalue weighted by Gasteiger charge is -2.13. The summed E-state index contributed by atoms with van der Waals surface area (Å²) in [5.41, 5.74) is 0.232. The Hall–Kier alpha value is -1.42. The molecule has 0 aromatic heterocycles. The largest absolute Gasteiger partial charge is 0.490 e. The number of rotatable bonds is 4. The second kappa shape index (κ2) is 5.27. The second-order valence-electron chi connectivity index (χ2n) is 4.26. The quantitative estimate of drug-likeness (QED) is 0.756. The molecule has 1 fully saturated rings. The van der Waals surface area contributed by atoms with Gasteiger partial charge in [0, 0.05) is 0 Å². The van der Waals surface area contributed by atoms with E-state index < -0.39 is 5.82 Å². The predicted molar refractivity (Wildman–Crippen MR) is 60.9 cm³/mol. The first kappa shape index (κ1) is 12.0. The van der Waals surface area contributed by atoms with Gasteiger partial charge < -0.3 is 9.47 Å². The molecule has 1 aromatic rings. The van der Waals surface area contributed by atoms with Gasteiger partial charge in [-0.3, -0.25) is 4.79 Å². The first-order chi connectivity index (χ1) is 8.19. The highest BCUT2D eigenvalue weighted by Crippen LogP contribution is 2.22. The van der Waals surface area contributed by atoms with Gasteiger partial charge in [-0.05, 0) is 38.0 Å². The molecule has 1 aliphatic rings. The molecule has 0 spiro atoms. The molecule has 0 amide bonds. The first-order valence-corrected chi connectivity index (χ1v) is 5.72. The van der Waals surface area contributed by atoms with Gasteiger partial charge in [0.05, 0.1) is 17.8 Å². The lowest BCUT2D eigenvalue weighted by molar-refractivity contribution is 0.0263. The lowest BCUT2D eigenvalue weighted by atomic mass is 10.2. The van der Waals surface area contributed by atoms with Crippen LogP contribution >= 0.6 is 0 Å². The van der Waals surface area contributed by atoms with Gasteiger partial charge in [-0.2, -0.15) is 0 Å². The molecule has 17 heavy (non-hydrogen) atoms. The van der Waals surface area contributed by atoms with Gasteiger partial charge in [-0.25, -0.2) is 4.39 Å². The molecule has 0 bridgehead atoms. The fourth-order valence-electron chi connectivity index (χ4n) is 1.93. The van der Waals surface area contributed by atoms with Crippen LogP contribution in [0.3, 0.4) is 0 Å². The topological polar surface area (TPSA) is 35.5 Å². The minimum absolute atomic E-state index is 0.0644. The Morgan fingerprint density at radius 3 is 3.00 bits per heavy atom. The molecule has 2 rings (SSSR count). The van der Waals surface area contributed by atoms with E-state index in [1.165, 1.54) is 18.2 Å². The Balaban J connectivity index is 1.96. The zero-order chi connectivity index (χ0) is 12.3. The van der Waals surface area contributed by atoms with Crippen molar-refractivity contribution in [2.24, 2.45) is 0 Å². The van der Waals surface area contributed by atoms with Gasteiger partial charge in [-0.15, -0.1) is 0 Å². The smallest absolute Gasteiger partial charge is 0.153 e. The minimum atomic E-state index is -0.440. The van der Waals surface area contributed by atoms with Gasteiger partial charge in [-0.1, -0.05) is 0 Å². The first-order valence-electron chi connectivity index (χ1n) is 5.72. The van der Waals surface area contributed by atoms with Gasteiger partial charge in [0.15, 0.2) is 6.29 Å². The van der Waals surface area contributed by atoms with E-state index >= 15 is 0 Å². The molecule has 0 saturated carbocycles. The van der Waals surface area contributed by atoms with Crippen LogP contribution in [-0.4, -0.2) is 25.1 Å². The van der Waals surface area contributed by atoms with Gasteiger partial charge in [0.1, 0.15) is 18.2 Å². The Morgan fingerprint density at radius 2 is 2.35 bits per heavy atom. The summed E-state index contributed by atoms with van der Waals surface area (Å²) in [5, 5.41) is 0. The molecule has 1 aliphatic heterocycles. The number of hydrogen-bond donors (Lipinski definition) is 0. The highest BCUT2D eigenvalue weighted by Gasteiger charge is 2.22. The average Bonchev–Trinajstić information content (AvgIpc) is 2.73. The number of aldehydes is 1. The van der Waals surface area contributed by atoms with E-state index in [0.717, 1.165) is 12.8 Å². The maximum absolute atomic E-state index is 12.9. The van der Waals surface area contributed by atoms with Crippen molar-refractivity contribution in [3.63, 3.8) is 0 Å². The average molecular weight is 238 g/mol. The number of benzene rings is 1. The molecule has 2 atom stereocenters. The maximum atomic E-state index is 12.9. The summed E-state index contributed by atoms with van der Waals surface area (Å²) in [7, 11) is 0. The summed E-state index contributed by atoms with van der Waals surface area (Å²) in [6.07, 6.45) is 2.91. The van der Waals surface area contributed by atoms with Crippen molar-refractivity contribution < 1.29 is 18.7 Å². The third-order valence-electron chi connectivity index (χ3n) is 2.84. The van der Waals surface area contributed by atoms with Crippen LogP contribution in [-0.2, 0) is 4.74 Å². The Morgan fingerprint density at radius 1 is 1.53 bits per heavy atom. The molecule has 1 heterocycles. The number of hydrogen-bond acceptors (Lipinski definition) is 3. The molecule has 2 unspecified atom stereocenters. The van der Waals surface area contributed by atoms with Crippen LogP contribution in [0.5, 0.6) is 5.75 Å². The number of ether oxygens (including phenoxy) is 2. The summed E-state index contributed by atoms with van der Waals surface area (Å²) >= 11 is 0. The number of carbonyl (C=O) groups is 1. The zero-order valence-corrected chi connectivity index (χ0v) is 9.69. The van der Waals surface area contributed by atoms with E-state index in [1.807, 2.05) is 6.92 Å². The molecule has 92 valence electrons. The fraction of sp³-hybridized carbons (Fsp3) is 0.462. The fourth-order valence-corrected chi connectivity index (χ4v) is 1.93. The van der Waals surface area contributed by atoms with Crippen LogP contribution in [0, 0.1) is 5.82 Å². The monoisotopic (exact) mass is 238 g/mol. The summed E-state index contributed by atoms with van der Waals surface area (Å²) in [5.74, 6) is -0.0326. The third kappa shape index (κ3) is 3.03. The van der Waals surface area contributed by atoms with Gasteiger partial charge >= 0.3 is 0 Å². The molecule has 0 aliphatic carbocycles. The molecular formula is C13H15FO3. The van der Waals surface area contributed by atoms with Gasteiger partial charge in [0.2, 0.25) is 0 Å². The van der Waals surface area contributed by atoms with Crippen LogP contribution in [0.15, 0.2) is 18.2 Å². The molecule has 1 saturated heterocycles. The normalized spacial score (nSPS) is 23.6. The minimum Gasteiger partial charge on any atom is -0.490 e. The van der Waals surface area contributed by atoms with Crippen LogP contribution < -0.4 is 4.74 Å². The second-order valence-corrected chi connectivity index (χ2v) is 4.26. The van der Waals surface area contributed by atoms with E-state index in [9.17, 15) is 9.18 Å². The van der Waals surface area contributed by atoms with E-state index in [0.29, 0.717) is 18.6 Å². The summed E-state index contributed by atoms with van der Waals surface area (Å²) < 4.78 is 24.0. The lowest BCUT2D eigenvalue weighted by Crippen LogP contribution is -2.18. The SMILES string of the molecule is CC1CCC(COc2ccc(F)cc2C=O)O1. The summed E-state index contributed by atoms with van der Waals surface area (Å²) in [6.45, 7) is 2.42. The van der Waals surface area contributed by atoms with E-state index in [1.54, 1.807) is 0 Å². The molecule has 1 aromatic carbocycles. The highest BCUT2D eigenvalue weighted by atomic mass is 19.1. The Labute approximate surface area is 99.5 Å². The Kier molecular flexibility index (Phi) is 3.74. The molecule has 3 nitrogen and oxygen atoms in total. The standard InChI is InChI=1S/C13H15FO3/c1-9-2-4-12(17-9)8-16-13-5-3-11(14)6-10(13)7-15/h3,5-7,9,12H,2,4,8H2,1H3. The van der Waals surface area contributed by atoms with Crippen molar-refractivity contribution >= 4 is 6.29 Å². The van der Waals surface area contributed by atoms with E-state index in [-0.39, 0.29) is 17.8 Å². The molecular weight excluding hydrogens is 223 g/mol. The van der Waals surface area contributed by atoms with Crippen molar-refractivity contribution in [3.8, 4) is 5.75 Å². The van der Waals surface area contributed by atoms with Crippen LogP contribution in [0.4, 0.5) is 4.39 Å². The van der Waals surface area contributed by atoms with E-state index in [4.69, 9.17) is 9.47 Å². The molecule has 0 radical (unpaired) electrons. The maximum Gasteiger partial charge on any atom is 0.153 e. The van der Waals surface area contributed by atoms with Crippen molar-refractivity contribution in [1.29, 1.82) is 0 Å². The highest BCUT2D eigenvalue weighted by molar-refractivity contribution is 5.79. The van der Waals surface area contributed by atoms with Crippen molar-refractivity contribution in [1.82, 2.24) is 0 Å². The van der Waals surface area contributed by atoms with Crippen molar-refractivity contribution in [2.45, 2.75) is 32.0 Å². The number of carbonyl (C=O) groups excluding carboxylic acids is 1. The third-order valence-corrected chi connectivity index (χ3v) is 2.84. The van der Waals surface area contributed by atoms with Gasteiger partial charge in [0.25, 0.3) is 0 Å². The molecule has 0 N–H and O–H groups in total. The Bertz CT molecular complexity index is 406. The van der Waals surface area contributed by atoms with Crippen LogP contribution in [0.2, 0.25) is 0 Å². The van der Waals surface area contributed by atoms with Crippen LogP contribution in [0.25, 0.3) is 0 Å². The number of halogens is 1. The zero-order valence-electron chi connectivity index (χ0n) is 9.69. The molecule has 4 heteroatoms. The van der Waals surface area contributed by atoms with Crippen LogP contribution in [0.1, 0.15) is 30.1 Å². The van der Waals surface area contributed by atoms with E-state index in [2.05, 4.69) is 0 Å². The predicted octanol–water partition coefficient (Wildman–Crippen LogP) is 2.58. The van der Waals surface area contributed by atoms with Crippen molar-refractivity contribution in [3.05, 3.63) is 29.6 Å². The summed E-state index contributed by atoms with van der Waals surface area (Å²) in [4.78, 5) is 10.7.